The molecule has 7 nitrogen and oxygen atoms in total. The van der Waals surface area contributed by atoms with Crippen LogP contribution in [0.4, 0.5) is 5.69 Å². The summed E-state index contributed by atoms with van der Waals surface area (Å²) in [4.78, 5) is 12.2. The molecule has 136 valence electrons. The largest absolute Gasteiger partial charge is 0.270 e. The van der Waals surface area contributed by atoms with E-state index in [0.29, 0.717) is 22.0 Å². The Hall–Kier alpha value is -2.49. The molecule has 0 N–H and O–H groups in total. The first-order valence-corrected chi connectivity index (χ1v) is 10.3. The molecule has 0 saturated carbocycles. The summed E-state index contributed by atoms with van der Waals surface area (Å²) < 4.78 is 1.69. The molecule has 0 bridgehead atoms. The highest BCUT2D eigenvalue weighted by molar-refractivity contribution is 7.98. The average Bonchev–Trinajstić information content (AvgIpc) is 3.24. The van der Waals surface area contributed by atoms with Crippen molar-refractivity contribution < 1.29 is 4.92 Å². The van der Waals surface area contributed by atoms with Gasteiger partial charge in [-0.05, 0) is 30.0 Å². The van der Waals surface area contributed by atoms with Gasteiger partial charge in [0.05, 0.1) is 9.95 Å². The molecule has 0 aliphatic carbocycles. The van der Waals surface area contributed by atoms with Crippen LogP contribution in [0.5, 0.6) is 0 Å². The van der Waals surface area contributed by atoms with Crippen LogP contribution >= 0.6 is 34.7 Å². The lowest BCUT2D eigenvalue weighted by atomic mass is 10.1. The van der Waals surface area contributed by atoms with Crippen LogP contribution in [0.15, 0.2) is 47.4 Å². The fraction of sp³-hybridized carbons (Fsp3) is 0.118. The Bertz CT molecular complexity index is 1140. The second-order valence-corrected chi connectivity index (χ2v) is 7.91. The summed E-state index contributed by atoms with van der Waals surface area (Å²) in [6, 6.07) is 12.6. The minimum absolute atomic E-state index is 0.0545. The van der Waals surface area contributed by atoms with Crippen molar-refractivity contribution in [3.05, 3.63) is 69.0 Å². The van der Waals surface area contributed by atoms with E-state index in [4.69, 9.17) is 11.6 Å². The molecule has 0 spiro atoms. The quantitative estimate of drug-likeness (QED) is 0.265. The van der Waals surface area contributed by atoms with Gasteiger partial charge < -0.3 is 0 Å². The minimum atomic E-state index is -0.478. The van der Waals surface area contributed by atoms with Crippen molar-refractivity contribution in [2.24, 2.45) is 0 Å². The van der Waals surface area contributed by atoms with Gasteiger partial charge in [0.25, 0.3) is 5.69 Å². The summed E-state index contributed by atoms with van der Waals surface area (Å²) >= 11 is 9.25. The smallest absolute Gasteiger partial charge is 0.258 e. The van der Waals surface area contributed by atoms with Crippen LogP contribution < -0.4 is 0 Å². The molecule has 10 heteroatoms. The van der Waals surface area contributed by atoms with Crippen molar-refractivity contribution in [1.82, 2.24) is 19.8 Å². The van der Waals surface area contributed by atoms with Crippen molar-refractivity contribution in [2.75, 3.05) is 6.26 Å². The summed E-state index contributed by atoms with van der Waals surface area (Å²) in [6.45, 7) is 0. The van der Waals surface area contributed by atoms with E-state index in [-0.39, 0.29) is 10.7 Å². The molecule has 4 aromatic rings. The van der Waals surface area contributed by atoms with Crippen LogP contribution in [-0.2, 0) is 6.42 Å². The minimum Gasteiger partial charge on any atom is -0.258 e. The number of halogens is 1. The molecule has 0 unspecified atom stereocenters. The lowest BCUT2D eigenvalue weighted by molar-refractivity contribution is -0.384. The van der Waals surface area contributed by atoms with E-state index in [0.717, 1.165) is 11.4 Å². The Labute approximate surface area is 167 Å². The molecule has 4 rings (SSSR count). The van der Waals surface area contributed by atoms with Crippen molar-refractivity contribution in [3.8, 4) is 10.6 Å². The predicted molar refractivity (Wildman–Crippen MR) is 107 cm³/mol. The number of nitro benzene ring substituents is 1. The zero-order valence-electron chi connectivity index (χ0n) is 14.0. The Morgan fingerprint density at radius 2 is 2.00 bits per heavy atom. The third kappa shape index (κ3) is 3.53. The first-order valence-electron chi connectivity index (χ1n) is 7.83. The standard InChI is InChI=1S/C17H12ClN5O2S2/c1-26-12-5-2-10(3-6-12)8-15-19-20-17-22(15)21-16(27-17)13-7-4-11(23(24)25)9-14(13)18/h2-7,9H,8H2,1H3. The molecule has 0 radical (unpaired) electrons. The van der Waals surface area contributed by atoms with Crippen LogP contribution in [0.25, 0.3) is 15.5 Å². The van der Waals surface area contributed by atoms with E-state index in [1.54, 1.807) is 22.3 Å². The number of hydrogen-bond donors (Lipinski definition) is 0. The third-order valence-corrected chi connectivity index (χ3v) is 5.96. The number of aromatic nitrogens is 4. The van der Waals surface area contributed by atoms with E-state index >= 15 is 0 Å². The van der Waals surface area contributed by atoms with Gasteiger partial charge in [0.1, 0.15) is 5.01 Å². The van der Waals surface area contributed by atoms with E-state index in [2.05, 4.69) is 39.6 Å². The second kappa shape index (κ2) is 7.26. The number of rotatable bonds is 5. The van der Waals surface area contributed by atoms with Crippen LogP contribution in [0.3, 0.4) is 0 Å². The molecule has 2 aromatic heterocycles. The van der Waals surface area contributed by atoms with Crippen LogP contribution in [0.1, 0.15) is 11.4 Å². The van der Waals surface area contributed by atoms with Crippen LogP contribution in [-0.4, -0.2) is 31.0 Å². The average molecular weight is 418 g/mol. The normalized spacial score (nSPS) is 11.2. The van der Waals surface area contributed by atoms with Gasteiger partial charge in [-0.15, -0.1) is 22.0 Å². The van der Waals surface area contributed by atoms with Gasteiger partial charge in [0, 0.05) is 29.0 Å². The van der Waals surface area contributed by atoms with Crippen molar-refractivity contribution in [2.45, 2.75) is 11.3 Å². The molecule has 0 atom stereocenters. The number of benzene rings is 2. The maximum absolute atomic E-state index is 10.9. The molecule has 0 aliphatic heterocycles. The van der Waals surface area contributed by atoms with Gasteiger partial charge in [0.15, 0.2) is 5.82 Å². The number of thioether (sulfide) groups is 1. The highest BCUT2D eigenvalue weighted by atomic mass is 35.5. The number of non-ortho nitro benzene ring substituents is 1. The molecular formula is C17H12ClN5O2S2. The summed E-state index contributed by atoms with van der Waals surface area (Å²) in [7, 11) is 0. The summed E-state index contributed by atoms with van der Waals surface area (Å²) in [5.41, 5.74) is 1.69. The molecule has 0 saturated heterocycles. The Morgan fingerprint density at radius 1 is 1.22 bits per heavy atom. The lowest BCUT2D eigenvalue weighted by Gasteiger charge is -2.01. The molecule has 0 aliphatic rings. The van der Waals surface area contributed by atoms with Gasteiger partial charge >= 0.3 is 0 Å². The maximum atomic E-state index is 10.9. The fourth-order valence-electron chi connectivity index (χ4n) is 2.59. The summed E-state index contributed by atoms with van der Waals surface area (Å²) in [5, 5.41) is 24.8. The molecule has 0 amide bonds. The number of nitro groups is 1. The first kappa shape index (κ1) is 17.9. The highest BCUT2D eigenvalue weighted by Crippen LogP contribution is 2.33. The molecule has 27 heavy (non-hydrogen) atoms. The molecule has 0 fully saturated rings. The SMILES string of the molecule is CSc1ccc(Cc2nnc3sc(-c4ccc([N+](=O)[O-])cc4Cl)nn23)cc1. The van der Waals surface area contributed by atoms with Crippen molar-refractivity contribution in [3.63, 3.8) is 0 Å². The highest BCUT2D eigenvalue weighted by Gasteiger charge is 2.17. The summed E-state index contributed by atoms with van der Waals surface area (Å²) in [5.74, 6) is 0.724. The molecule has 2 heterocycles. The van der Waals surface area contributed by atoms with Gasteiger partial charge in [-0.3, -0.25) is 10.1 Å². The first-order chi connectivity index (χ1) is 13.0. The maximum Gasteiger partial charge on any atom is 0.270 e. The number of nitrogens with zero attached hydrogens (tertiary/aromatic N) is 5. The van der Waals surface area contributed by atoms with E-state index in [1.165, 1.54) is 28.4 Å². The van der Waals surface area contributed by atoms with Crippen molar-refractivity contribution >= 4 is 45.3 Å². The van der Waals surface area contributed by atoms with E-state index < -0.39 is 4.92 Å². The topological polar surface area (TPSA) is 86.2 Å². The Kier molecular flexibility index (Phi) is 4.81. The number of hydrogen-bond acceptors (Lipinski definition) is 7. The van der Waals surface area contributed by atoms with Gasteiger partial charge in [-0.2, -0.15) is 9.61 Å². The van der Waals surface area contributed by atoms with Gasteiger partial charge in [-0.1, -0.05) is 35.1 Å². The van der Waals surface area contributed by atoms with Gasteiger partial charge in [0.2, 0.25) is 4.96 Å². The summed E-state index contributed by atoms with van der Waals surface area (Å²) in [6.07, 6.45) is 2.64. The predicted octanol–water partition coefficient (Wildman–Crippen LogP) is 4.73. The van der Waals surface area contributed by atoms with Crippen molar-refractivity contribution in [1.29, 1.82) is 0 Å². The van der Waals surface area contributed by atoms with Crippen LogP contribution in [0.2, 0.25) is 5.02 Å². The Morgan fingerprint density at radius 3 is 2.67 bits per heavy atom. The monoisotopic (exact) mass is 417 g/mol. The molecular weight excluding hydrogens is 406 g/mol. The zero-order chi connectivity index (χ0) is 19.0. The van der Waals surface area contributed by atoms with E-state index in [9.17, 15) is 10.1 Å². The third-order valence-electron chi connectivity index (χ3n) is 3.97. The Balaban J connectivity index is 1.66. The van der Waals surface area contributed by atoms with Gasteiger partial charge in [-0.25, -0.2) is 0 Å². The number of fused-ring (bicyclic) bond motifs is 1. The molecule has 2 aromatic carbocycles. The lowest BCUT2D eigenvalue weighted by Crippen LogP contribution is -1.98. The second-order valence-electron chi connectivity index (χ2n) is 5.66. The zero-order valence-corrected chi connectivity index (χ0v) is 16.4. The fourth-order valence-corrected chi connectivity index (χ4v) is 4.22. The van der Waals surface area contributed by atoms with Crippen LogP contribution in [0, 0.1) is 10.1 Å². The van der Waals surface area contributed by atoms with E-state index in [1.807, 2.05) is 6.26 Å².